The third-order valence-electron chi connectivity index (χ3n) is 5.93. The van der Waals surface area contributed by atoms with Crippen LogP contribution in [-0.2, 0) is 15.8 Å². The number of nitrogens with zero attached hydrogens (tertiary/aromatic N) is 1. The molecule has 0 aliphatic carbocycles. The standard InChI is InChI=1S/C22H35NO3Si/c1-17-21(26-27(5,6)22(2,3)4)19(13-10-14-24)15-20(25)23(17)16-18-11-8-7-9-12-18/h7-9,11-12,15,17,21,24H,10,13-14,16H2,1-6H3/t17-,21-/m0/s1. The van der Waals surface area contributed by atoms with Gasteiger partial charge in [0.05, 0.1) is 12.1 Å². The van der Waals surface area contributed by atoms with E-state index in [1.54, 1.807) is 6.08 Å². The lowest BCUT2D eigenvalue weighted by Gasteiger charge is -2.46. The first-order valence-electron chi connectivity index (χ1n) is 9.90. The van der Waals surface area contributed by atoms with Crippen LogP contribution in [-0.4, -0.2) is 43.0 Å². The second-order valence-electron chi connectivity index (χ2n) is 9.04. The molecule has 1 heterocycles. The molecule has 0 bridgehead atoms. The van der Waals surface area contributed by atoms with Crippen molar-refractivity contribution in [2.45, 2.75) is 77.4 Å². The summed E-state index contributed by atoms with van der Waals surface area (Å²) in [5.41, 5.74) is 2.15. The highest BCUT2D eigenvalue weighted by Gasteiger charge is 2.43. The highest BCUT2D eigenvalue weighted by molar-refractivity contribution is 6.74. The molecule has 0 aromatic heterocycles. The molecule has 0 spiro atoms. The summed E-state index contributed by atoms with van der Waals surface area (Å²) in [6.07, 6.45) is 2.99. The predicted octanol–water partition coefficient (Wildman–Crippen LogP) is 4.51. The van der Waals surface area contributed by atoms with Crippen molar-refractivity contribution >= 4 is 14.2 Å². The molecule has 2 atom stereocenters. The minimum atomic E-state index is -2.00. The second kappa shape index (κ2) is 8.72. The number of aliphatic hydroxyl groups excluding tert-OH is 1. The van der Waals surface area contributed by atoms with Crippen molar-refractivity contribution in [2.75, 3.05) is 6.61 Å². The SMILES string of the molecule is C[C@H]1[C@H](O[Si](C)(C)C(C)(C)C)C(CCCO)=CC(=O)N1Cc1ccccc1. The Balaban J connectivity index is 2.31. The van der Waals surface area contributed by atoms with Gasteiger partial charge in [-0.15, -0.1) is 0 Å². The molecule has 27 heavy (non-hydrogen) atoms. The monoisotopic (exact) mass is 389 g/mol. The van der Waals surface area contributed by atoms with E-state index in [1.165, 1.54) is 0 Å². The van der Waals surface area contributed by atoms with Gasteiger partial charge in [0.2, 0.25) is 5.91 Å². The molecule has 1 aromatic rings. The Kier molecular flexibility index (Phi) is 7.06. The maximum atomic E-state index is 12.8. The van der Waals surface area contributed by atoms with Crippen LogP contribution in [0.3, 0.4) is 0 Å². The van der Waals surface area contributed by atoms with E-state index >= 15 is 0 Å². The second-order valence-corrected chi connectivity index (χ2v) is 13.8. The third-order valence-corrected chi connectivity index (χ3v) is 10.4. The molecular formula is C22H35NO3Si. The van der Waals surface area contributed by atoms with E-state index in [2.05, 4.69) is 52.9 Å². The van der Waals surface area contributed by atoms with Crippen molar-refractivity contribution in [1.82, 2.24) is 4.90 Å². The van der Waals surface area contributed by atoms with E-state index < -0.39 is 8.32 Å². The van der Waals surface area contributed by atoms with Gasteiger partial charge in [0.1, 0.15) is 0 Å². The van der Waals surface area contributed by atoms with E-state index in [9.17, 15) is 9.90 Å². The van der Waals surface area contributed by atoms with Gasteiger partial charge in [-0.1, -0.05) is 51.1 Å². The zero-order valence-corrected chi connectivity index (χ0v) is 18.7. The summed E-state index contributed by atoms with van der Waals surface area (Å²) in [4.78, 5) is 14.7. The van der Waals surface area contributed by atoms with Crippen molar-refractivity contribution in [2.24, 2.45) is 0 Å². The average molecular weight is 390 g/mol. The van der Waals surface area contributed by atoms with Crippen LogP contribution in [0.15, 0.2) is 42.0 Å². The number of carbonyl (C=O) groups is 1. The van der Waals surface area contributed by atoms with Gasteiger partial charge in [0.15, 0.2) is 8.32 Å². The average Bonchev–Trinajstić information content (AvgIpc) is 2.59. The molecule has 150 valence electrons. The van der Waals surface area contributed by atoms with Crippen LogP contribution in [0.4, 0.5) is 0 Å². The van der Waals surface area contributed by atoms with Crippen molar-refractivity contribution in [3.63, 3.8) is 0 Å². The number of amides is 1. The minimum absolute atomic E-state index is 0.0365. The van der Waals surface area contributed by atoms with Crippen LogP contribution < -0.4 is 0 Å². The number of rotatable bonds is 7. The molecule has 1 N–H and O–H groups in total. The first-order valence-corrected chi connectivity index (χ1v) is 12.8. The first kappa shape index (κ1) is 21.9. The first-order chi connectivity index (χ1) is 12.6. The Labute approximate surface area is 165 Å². The molecule has 0 saturated carbocycles. The maximum absolute atomic E-state index is 12.8. The molecular weight excluding hydrogens is 354 g/mol. The number of carbonyl (C=O) groups excluding carboxylic acids is 1. The Morgan fingerprint density at radius 1 is 1.19 bits per heavy atom. The molecule has 0 radical (unpaired) electrons. The number of benzene rings is 1. The van der Waals surface area contributed by atoms with Crippen LogP contribution >= 0.6 is 0 Å². The molecule has 1 aromatic carbocycles. The molecule has 5 heteroatoms. The van der Waals surface area contributed by atoms with Crippen molar-refractivity contribution in [3.8, 4) is 0 Å². The van der Waals surface area contributed by atoms with Gasteiger partial charge in [-0.2, -0.15) is 0 Å². The van der Waals surface area contributed by atoms with Gasteiger partial charge in [0, 0.05) is 19.2 Å². The molecule has 2 rings (SSSR count). The molecule has 4 nitrogen and oxygen atoms in total. The normalized spacial score (nSPS) is 21.4. The fourth-order valence-corrected chi connectivity index (χ4v) is 4.50. The molecule has 0 saturated heterocycles. The number of hydrogen-bond donors (Lipinski definition) is 1. The summed E-state index contributed by atoms with van der Waals surface area (Å²) in [5, 5.41) is 9.37. The molecule has 0 fully saturated rings. The van der Waals surface area contributed by atoms with Gasteiger partial charge < -0.3 is 14.4 Å². The van der Waals surface area contributed by atoms with Crippen molar-refractivity contribution in [1.29, 1.82) is 0 Å². The van der Waals surface area contributed by atoms with E-state index in [4.69, 9.17) is 4.43 Å². The van der Waals surface area contributed by atoms with Crippen LogP contribution in [0.2, 0.25) is 18.1 Å². The minimum Gasteiger partial charge on any atom is -0.408 e. The van der Waals surface area contributed by atoms with E-state index in [0.29, 0.717) is 19.4 Å². The summed E-state index contributed by atoms with van der Waals surface area (Å²) in [5.74, 6) is 0.0365. The third kappa shape index (κ3) is 5.30. The van der Waals surface area contributed by atoms with Crippen LogP contribution in [0.1, 0.15) is 46.1 Å². The summed E-state index contributed by atoms with van der Waals surface area (Å²) in [6, 6.07) is 10.1. The smallest absolute Gasteiger partial charge is 0.247 e. The summed E-state index contributed by atoms with van der Waals surface area (Å²) in [6.45, 7) is 14.0. The Morgan fingerprint density at radius 2 is 1.81 bits per heavy atom. The summed E-state index contributed by atoms with van der Waals surface area (Å²) < 4.78 is 6.78. The fourth-order valence-electron chi connectivity index (χ4n) is 3.17. The van der Waals surface area contributed by atoms with Crippen LogP contribution in [0, 0.1) is 0 Å². The zero-order chi connectivity index (χ0) is 20.2. The lowest BCUT2D eigenvalue weighted by molar-refractivity contribution is -0.132. The number of aliphatic hydroxyl groups is 1. The molecule has 0 unspecified atom stereocenters. The topological polar surface area (TPSA) is 49.8 Å². The van der Waals surface area contributed by atoms with Gasteiger partial charge in [-0.25, -0.2) is 0 Å². The quantitative estimate of drug-likeness (QED) is 0.698. The van der Waals surface area contributed by atoms with Crippen LogP contribution in [0.25, 0.3) is 0 Å². The lowest BCUT2D eigenvalue weighted by atomic mass is 9.93. The van der Waals surface area contributed by atoms with E-state index in [-0.39, 0.29) is 29.7 Å². The summed E-state index contributed by atoms with van der Waals surface area (Å²) in [7, 11) is -2.00. The molecule has 1 aliphatic rings. The van der Waals surface area contributed by atoms with Crippen molar-refractivity contribution in [3.05, 3.63) is 47.5 Å². The van der Waals surface area contributed by atoms with Gasteiger partial charge in [0.25, 0.3) is 0 Å². The Morgan fingerprint density at radius 3 is 2.37 bits per heavy atom. The van der Waals surface area contributed by atoms with E-state index in [1.807, 2.05) is 23.1 Å². The van der Waals surface area contributed by atoms with Crippen molar-refractivity contribution < 1.29 is 14.3 Å². The zero-order valence-electron chi connectivity index (χ0n) is 17.7. The summed E-state index contributed by atoms with van der Waals surface area (Å²) >= 11 is 0. The Hall–Kier alpha value is -1.43. The largest absolute Gasteiger partial charge is 0.408 e. The van der Waals surface area contributed by atoms with Crippen LogP contribution in [0.5, 0.6) is 0 Å². The fraction of sp³-hybridized carbons (Fsp3) is 0.591. The maximum Gasteiger partial charge on any atom is 0.247 e. The molecule has 1 aliphatic heterocycles. The highest BCUT2D eigenvalue weighted by atomic mass is 28.4. The highest BCUT2D eigenvalue weighted by Crippen LogP contribution is 2.40. The van der Waals surface area contributed by atoms with E-state index in [0.717, 1.165) is 11.1 Å². The van der Waals surface area contributed by atoms with Gasteiger partial charge >= 0.3 is 0 Å². The lowest BCUT2D eigenvalue weighted by Crippen LogP contribution is -2.54. The molecule has 1 amide bonds. The van der Waals surface area contributed by atoms with Gasteiger partial charge in [-0.3, -0.25) is 4.79 Å². The predicted molar refractivity (Wildman–Crippen MR) is 113 cm³/mol. The Bertz CT molecular complexity index is 664. The van der Waals surface area contributed by atoms with Gasteiger partial charge in [-0.05, 0) is 49.0 Å². The number of hydrogen-bond acceptors (Lipinski definition) is 3.